The average molecular weight is 499 g/mol. The summed E-state index contributed by atoms with van der Waals surface area (Å²) in [6.45, 7) is 1.68. The number of nitrogens with zero attached hydrogens (tertiary/aromatic N) is 4. The largest absolute Gasteiger partial charge is 0.497 e. The van der Waals surface area contributed by atoms with Gasteiger partial charge in [0, 0.05) is 24.0 Å². The van der Waals surface area contributed by atoms with Gasteiger partial charge in [-0.25, -0.2) is 0 Å². The van der Waals surface area contributed by atoms with Crippen molar-refractivity contribution in [2.75, 3.05) is 21.3 Å². The first-order chi connectivity index (χ1) is 16.6. The fourth-order valence-corrected chi connectivity index (χ4v) is 4.70. The summed E-state index contributed by atoms with van der Waals surface area (Å²) >= 11 is 7.77. The summed E-state index contributed by atoms with van der Waals surface area (Å²) in [6.07, 6.45) is 0. The Balaban J connectivity index is 1.56. The number of halogens is 1. The zero-order valence-electron chi connectivity index (χ0n) is 19.4. The van der Waals surface area contributed by atoms with Crippen molar-refractivity contribution in [2.45, 2.75) is 30.6 Å². The topological polar surface area (TPSA) is 65.5 Å². The number of hydrogen-bond donors (Lipinski definition) is 0. The molecule has 0 aliphatic carbocycles. The van der Waals surface area contributed by atoms with Gasteiger partial charge in [-0.3, -0.25) is 9.47 Å². The highest BCUT2D eigenvalue weighted by Crippen LogP contribution is 2.28. The highest BCUT2D eigenvalue weighted by atomic mass is 35.5. The van der Waals surface area contributed by atoms with E-state index in [9.17, 15) is 0 Å². The average Bonchev–Trinajstić information content (AvgIpc) is 3.44. The van der Waals surface area contributed by atoms with E-state index in [-0.39, 0.29) is 0 Å². The molecule has 0 aliphatic rings. The van der Waals surface area contributed by atoms with Crippen LogP contribution in [0.25, 0.3) is 5.69 Å². The van der Waals surface area contributed by atoms with Gasteiger partial charge < -0.3 is 13.9 Å². The zero-order chi connectivity index (χ0) is 23.9. The number of furan rings is 1. The van der Waals surface area contributed by atoms with Gasteiger partial charge in [-0.15, -0.1) is 10.2 Å². The second kappa shape index (κ2) is 11.6. The Morgan fingerprint density at radius 2 is 1.82 bits per heavy atom. The lowest BCUT2D eigenvalue weighted by atomic mass is 10.2. The molecule has 178 valence electrons. The molecule has 7 nitrogen and oxygen atoms in total. The number of ether oxygens (including phenoxy) is 2. The van der Waals surface area contributed by atoms with E-state index < -0.39 is 0 Å². The molecule has 0 bridgehead atoms. The first-order valence-electron chi connectivity index (χ1n) is 10.8. The monoisotopic (exact) mass is 498 g/mol. The molecule has 0 atom stereocenters. The van der Waals surface area contributed by atoms with Crippen LogP contribution in [0, 0.1) is 0 Å². The molecule has 4 rings (SSSR count). The molecule has 34 heavy (non-hydrogen) atoms. The maximum Gasteiger partial charge on any atom is 0.196 e. The van der Waals surface area contributed by atoms with Crippen molar-refractivity contribution in [3.05, 3.63) is 88.6 Å². The van der Waals surface area contributed by atoms with Gasteiger partial charge in [-0.05, 0) is 49.0 Å². The summed E-state index contributed by atoms with van der Waals surface area (Å²) in [6, 6.07) is 19.7. The van der Waals surface area contributed by atoms with Crippen LogP contribution >= 0.6 is 23.4 Å². The van der Waals surface area contributed by atoms with E-state index in [2.05, 4.69) is 25.7 Å². The molecule has 2 heterocycles. The number of rotatable bonds is 11. The number of benzene rings is 2. The molecule has 0 spiro atoms. The maximum atomic E-state index is 6.16. The van der Waals surface area contributed by atoms with Crippen LogP contribution in [0.3, 0.4) is 0 Å². The summed E-state index contributed by atoms with van der Waals surface area (Å²) in [5, 5.41) is 10.6. The van der Waals surface area contributed by atoms with Crippen LogP contribution in [0.4, 0.5) is 0 Å². The minimum absolute atomic E-state index is 0.459. The summed E-state index contributed by atoms with van der Waals surface area (Å²) in [5.41, 5.74) is 2.07. The van der Waals surface area contributed by atoms with Crippen LogP contribution in [0.15, 0.2) is 70.2 Å². The molecule has 0 saturated heterocycles. The zero-order valence-corrected chi connectivity index (χ0v) is 21.0. The van der Waals surface area contributed by atoms with Crippen LogP contribution in [0.2, 0.25) is 5.02 Å². The molecule has 0 saturated carbocycles. The van der Waals surface area contributed by atoms with Gasteiger partial charge in [0.1, 0.15) is 23.9 Å². The standard InChI is InChI=1S/C25H27ClN4O3S/c1-29(14-22-10-11-23(33-22)16-31-2)15-24-27-28-25(34-17-18-6-4-7-19(26)12-18)30(24)20-8-5-9-21(13-20)32-3/h4-13H,14-17H2,1-3H3. The predicted molar refractivity (Wildman–Crippen MR) is 134 cm³/mol. The molecule has 0 radical (unpaired) electrons. The van der Waals surface area contributed by atoms with Gasteiger partial charge in [0.15, 0.2) is 11.0 Å². The second-order valence-corrected chi connectivity index (χ2v) is 9.21. The molecule has 4 aromatic rings. The van der Waals surface area contributed by atoms with E-state index in [1.54, 1.807) is 26.0 Å². The van der Waals surface area contributed by atoms with Crippen molar-refractivity contribution in [2.24, 2.45) is 0 Å². The lowest BCUT2D eigenvalue weighted by Gasteiger charge is -2.17. The summed E-state index contributed by atoms with van der Waals surface area (Å²) in [5.74, 6) is 4.01. The molecule has 0 aliphatic heterocycles. The van der Waals surface area contributed by atoms with E-state index in [0.29, 0.717) is 19.7 Å². The normalized spacial score (nSPS) is 11.3. The lowest BCUT2D eigenvalue weighted by Crippen LogP contribution is -2.20. The van der Waals surface area contributed by atoms with Gasteiger partial charge >= 0.3 is 0 Å². The molecule has 2 aromatic carbocycles. The Bertz CT molecular complexity index is 1230. The minimum Gasteiger partial charge on any atom is -0.497 e. The minimum atomic E-state index is 0.459. The molecule has 2 aromatic heterocycles. The third-order valence-corrected chi connectivity index (χ3v) is 6.35. The number of aromatic nitrogens is 3. The predicted octanol–water partition coefficient (Wildman–Crippen LogP) is 5.59. The molecule has 9 heteroatoms. The summed E-state index contributed by atoms with van der Waals surface area (Å²) < 4.78 is 18.5. The lowest BCUT2D eigenvalue weighted by molar-refractivity contribution is 0.160. The molecular formula is C25H27ClN4O3S. The van der Waals surface area contributed by atoms with Crippen LogP contribution in [0.1, 0.15) is 22.9 Å². The van der Waals surface area contributed by atoms with Gasteiger partial charge in [-0.1, -0.05) is 41.6 Å². The van der Waals surface area contributed by atoms with Crippen molar-refractivity contribution in [3.8, 4) is 11.4 Å². The summed E-state index contributed by atoms with van der Waals surface area (Å²) in [7, 11) is 5.35. The van der Waals surface area contributed by atoms with Crippen LogP contribution in [0.5, 0.6) is 5.75 Å². The third kappa shape index (κ3) is 6.21. The highest BCUT2D eigenvalue weighted by Gasteiger charge is 2.18. The molecule has 0 N–H and O–H groups in total. The Morgan fingerprint density at radius 3 is 2.62 bits per heavy atom. The SMILES string of the molecule is COCc1ccc(CN(C)Cc2nnc(SCc3cccc(Cl)c3)n2-c2cccc(OC)c2)o1. The molecule has 0 amide bonds. The molecule has 0 fully saturated rings. The Kier molecular flexibility index (Phi) is 8.29. The third-order valence-electron chi connectivity index (χ3n) is 5.11. The first-order valence-corrected chi connectivity index (χ1v) is 12.1. The fourth-order valence-electron chi connectivity index (χ4n) is 3.57. The molecule has 0 unspecified atom stereocenters. The maximum absolute atomic E-state index is 6.16. The Hall–Kier alpha value is -2.78. The van der Waals surface area contributed by atoms with Crippen molar-refractivity contribution in [1.82, 2.24) is 19.7 Å². The quantitative estimate of drug-likeness (QED) is 0.249. The second-order valence-electron chi connectivity index (χ2n) is 7.83. The van der Waals surface area contributed by atoms with Crippen molar-refractivity contribution < 1.29 is 13.9 Å². The van der Waals surface area contributed by atoms with E-state index in [1.807, 2.05) is 61.6 Å². The molecular weight excluding hydrogens is 472 g/mol. The number of hydrogen-bond acceptors (Lipinski definition) is 7. The van der Waals surface area contributed by atoms with Crippen molar-refractivity contribution in [3.63, 3.8) is 0 Å². The summed E-state index contributed by atoms with van der Waals surface area (Å²) in [4.78, 5) is 2.14. The van der Waals surface area contributed by atoms with E-state index in [1.165, 1.54) is 0 Å². The number of methoxy groups -OCH3 is 2. The van der Waals surface area contributed by atoms with Crippen LogP contribution in [-0.2, 0) is 30.2 Å². The fraction of sp³-hybridized carbons (Fsp3) is 0.280. The smallest absolute Gasteiger partial charge is 0.196 e. The van der Waals surface area contributed by atoms with Gasteiger partial charge in [0.2, 0.25) is 0 Å². The Morgan fingerprint density at radius 1 is 1.00 bits per heavy atom. The van der Waals surface area contributed by atoms with E-state index in [4.69, 9.17) is 25.5 Å². The first kappa shape index (κ1) is 24.3. The number of thioether (sulfide) groups is 1. The van der Waals surface area contributed by atoms with E-state index >= 15 is 0 Å². The van der Waals surface area contributed by atoms with E-state index in [0.717, 1.165) is 50.3 Å². The van der Waals surface area contributed by atoms with Crippen LogP contribution < -0.4 is 4.74 Å². The van der Waals surface area contributed by atoms with Gasteiger partial charge in [-0.2, -0.15) is 0 Å². The highest BCUT2D eigenvalue weighted by molar-refractivity contribution is 7.98. The van der Waals surface area contributed by atoms with Gasteiger partial charge in [0.05, 0.1) is 25.9 Å². The van der Waals surface area contributed by atoms with Crippen molar-refractivity contribution >= 4 is 23.4 Å². The Labute approximate surface area is 208 Å². The van der Waals surface area contributed by atoms with Gasteiger partial charge in [0.25, 0.3) is 0 Å². The van der Waals surface area contributed by atoms with Crippen molar-refractivity contribution in [1.29, 1.82) is 0 Å². The van der Waals surface area contributed by atoms with Crippen LogP contribution in [-0.4, -0.2) is 40.9 Å².